The van der Waals surface area contributed by atoms with Crippen molar-refractivity contribution < 1.29 is 36.2 Å². The molecule has 14 heteroatoms. The number of hydrogen-bond acceptors (Lipinski definition) is 6. The number of anilines is 2. The number of tetrazole rings is 1. The van der Waals surface area contributed by atoms with Crippen LogP contribution >= 0.6 is 0 Å². The zero-order valence-corrected chi connectivity index (χ0v) is 24.6. The Morgan fingerprint density at radius 2 is 1.59 bits per heavy atom. The van der Waals surface area contributed by atoms with Crippen molar-refractivity contribution in [3.63, 3.8) is 0 Å². The molecule has 3 aromatic rings. The van der Waals surface area contributed by atoms with Crippen molar-refractivity contribution in [1.82, 2.24) is 20.2 Å². The third kappa shape index (κ3) is 6.78. The highest BCUT2D eigenvalue weighted by molar-refractivity contribution is 5.70. The van der Waals surface area contributed by atoms with Crippen LogP contribution in [-0.2, 0) is 30.7 Å². The Bertz CT molecular complexity index is 1480. The highest BCUT2D eigenvalue weighted by atomic mass is 19.4. The molecule has 2 aromatic carbocycles. The van der Waals surface area contributed by atoms with Crippen molar-refractivity contribution in [3.8, 4) is 0 Å². The van der Waals surface area contributed by atoms with Gasteiger partial charge in [-0.15, -0.1) is 5.10 Å². The summed E-state index contributed by atoms with van der Waals surface area (Å²) in [4.78, 5) is 16.5. The van der Waals surface area contributed by atoms with Crippen LogP contribution in [0.4, 0.5) is 38.0 Å². The molecule has 0 unspecified atom stereocenters. The molecule has 0 amide bonds. The van der Waals surface area contributed by atoms with Gasteiger partial charge in [-0.2, -0.15) is 31.1 Å². The van der Waals surface area contributed by atoms with Gasteiger partial charge < -0.3 is 14.9 Å². The Hall–Kier alpha value is -3.84. The molecule has 1 atom stereocenters. The molecule has 1 aromatic heterocycles. The second-order valence-electron chi connectivity index (χ2n) is 11.9. The number of aliphatic carboxylic acids is 1. The second kappa shape index (κ2) is 11.9. The molecule has 44 heavy (non-hydrogen) atoms. The van der Waals surface area contributed by atoms with Gasteiger partial charge in [-0.05, 0) is 92.0 Å². The van der Waals surface area contributed by atoms with Gasteiger partial charge in [0.05, 0.1) is 30.1 Å². The summed E-state index contributed by atoms with van der Waals surface area (Å²) < 4.78 is 82.1. The van der Waals surface area contributed by atoms with Gasteiger partial charge in [0.1, 0.15) is 0 Å². The van der Waals surface area contributed by atoms with Crippen LogP contribution in [0.3, 0.4) is 0 Å². The summed E-state index contributed by atoms with van der Waals surface area (Å²) in [6.45, 7) is 4.91. The molecule has 1 saturated carbocycles. The molecule has 0 radical (unpaired) electrons. The van der Waals surface area contributed by atoms with E-state index in [-0.39, 0.29) is 30.0 Å². The van der Waals surface area contributed by atoms with Crippen LogP contribution in [0.5, 0.6) is 0 Å². The van der Waals surface area contributed by atoms with Crippen LogP contribution < -0.4 is 9.80 Å². The van der Waals surface area contributed by atoms with Crippen LogP contribution in [-0.4, -0.2) is 44.4 Å². The summed E-state index contributed by atoms with van der Waals surface area (Å²) in [6, 6.07) is 5.18. The molecule has 5 rings (SSSR count). The monoisotopic (exact) mass is 624 g/mol. The lowest BCUT2D eigenvalue weighted by molar-refractivity contribution is -0.144. The van der Waals surface area contributed by atoms with E-state index in [4.69, 9.17) is 0 Å². The first-order valence-electron chi connectivity index (χ1n) is 14.5. The van der Waals surface area contributed by atoms with E-state index in [1.54, 1.807) is 4.90 Å². The Morgan fingerprint density at radius 1 is 0.955 bits per heavy atom. The maximum Gasteiger partial charge on any atom is 0.416 e. The molecule has 0 spiro atoms. The summed E-state index contributed by atoms with van der Waals surface area (Å²) in [5.41, 5.74) is 0.852. The molecule has 0 saturated heterocycles. The topological polar surface area (TPSA) is 87.4 Å². The van der Waals surface area contributed by atoms with E-state index in [1.807, 2.05) is 26.0 Å². The predicted molar refractivity (Wildman–Crippen MR) is 150 cm³/mol. The van der Waals surface area contributed by atoms with Crippen molar-refractivity contribution in [2.24, 2.45) is 18.9 Å². The average Bonchev–Trinajstić information content (AvgIpc) is 3.37. The van der Waals surface area contributed by atoms with E-state index >= 15 is 0 Å². The van der Waals surface area contributed by atoms with Crippen molar-refractivity contribution in [3.05, 3.63) is 63.7 Å². The second-order valence-corrected chi connectivity index (χ2v) is 11.9. The van der Waals surface area contributed by atoms with Gasteiger partial charge in [0.2, 0.25) is 0 Å². The van der Waals surface area contributed by atoms with Gasteiger partial charge in [-0.25, -0.2) is 0 Å². The predicted octanol–water partition coefficient (Wildman–Crippen LogP) is 6.71. The molecule has 1 aliphatic carbocycles. The Balaban J connectivity index is 1.52. The molecule has 2 heterocycles. The van der Waals surface area contributed by atoms with Crippen molar-refractivity contribution >= 4 is 17.6 Å². The SMILES string of the molecule is Cc1cc(C)c2c(c1)[C@@H](N(Cc1cc(C(F)(F)F)cc(C(F)(F)F)c1)c1nnn(C)n1)CCN2C[C@H]1CC[C@H](C(=O)O)CC1. The molecule has 1 N–H and O–H groups in total. The Morgan fingerprint density at radius 3 is 2.14 bits per heavy atom. The number of carbonyl (C=O) groups is 1. The summed E-state index contributed by atoms with van der Waals surface area (Å²) >= 11 is 0. The zero-order chi connectivity index (χ0) is 32.0. The molecule has 1 aliphatic heterocycles. The largest absolute Gasteiger partial charge is 0.481 e. The van der Waals surface area contributed by atoms with Crippen LogP contribution in [0.15, 0.2) is 30.3 Å². The number of aryl methyl sites for hydroxylation is 3. The number of rotatable bonds is 7. The van der Waals surface area contributed by atoms with E-state index in [2.05, 4.69) is 20.3 Å². The fourth-order valence-electron chi connectivity index (χ4n) is 6.65. The lowest BCUT2D eigenvalue weighted by Gasteiger charge is -2.43. The van der Waals surface area contributed by atoms with Crippen LogP contribution in [0.25, 0.3) is 0 Å². The highest BCUT2D eigenvalue weighted by Crippen LogP contribution is 2.44. The Labute approximate surface area is 250 Å². The fourth-order valence-corrected chi connectivity index (χ4v) is 6.65. The number of carboxylic acid groups (broad SMARTS) is 1. The van der Waals surface area contributed by atoms with Gasteiger partial charge in [0.25, 0.3) is 5.95 Å². The first kappa shape index (κ1) is 31.6. The minimum absolute atomic E-state index is 0.0917. The first-order chi connectivity index (χ1) is 20.6. The molecule has 0 bridgehead atoms. The van der Waals surface area contributed by atoms with Crippen molar-refractivity contribution in [2.75, 3.05) is 22.9 Å². The quantitative estimate of drug-likeness (QED) is 0.292. The number of benzene rings is 2. The minimum atomic E-state index is -4.97. The molecular formula is C30H34F6N6O2. The number of alkyl halides is 6. The van der Waals surface area contributed by atoms with E-state index in [0.29, 0.717) is 31.7 Å². The smallest absolute Gasteiger partial charge is 0.416 e. The average molecular weight is 625 g/mol. The zero-order valence-electron chi connectivity index (χ0n) is 24.6. The number of halogens is 6. The molecule has 2 aliphatic rings. The van der Waals surface area contributed by atoms with E-state index < -0.39 is 35.5 Å². The van der Waals surface area contributed by atoms with Gasteiger partial charge in [0, 0.05) is 25.3 Å². The number of nitrogens with zero attached hydrogens (tertiary/aromatic N) is 6. The van der Waals surface area contributed by atoms with Crippen LogP contribution in [0.1, 0.15) is 71.5 Å². The summed E-state index contributed by atoms with van der Waals surface area (Å²) in [5, 5.41) is 21.7. The number of fused-ring (bicyclic) bond motifs is 1. The molecule has 1 fully saturated rings. The Kier molecular flexibility index (Phi) is 8.56. The molecule has 8 nitrogen and oxygen atoms in total. The van der Waals surface area contributed by atoms with E-state index in [1.165, 1.54) is 11.8 Å². The maximum atomic E-state index is 13.7. The highest BCUT2D eigenvalue weighted by Gasteiger charge is 2.39. The van der Waals surface area contributed by atoms with Gasteiger partial charge in [-0.3, -0.25) is 4.79 Å². The van der Waals surface area contributed by atoms with E-state index in [9.17, 15) is 36.2 Å². The van der Waals surface area contributed by atoms with Crippen LogP contribution in [0.2, 0.25) is 0 Å². The fraction of sp³-hybridized carbons (Fsp3) is 0.533. The third-order valence-electron chi connectivity index (χ3n) is 8.63. The van der Waals surface area contributed by atoms with Crippen molar-refractivity contribution in [2.45, 2.75) is 70.9 Å². The number of carboxylic acids is 1. The number of hydrogen-bond donors (Lipinski definition) is 1. The van der Waals surface area contributed by atoms with Gasteiger partial charge >= 0.3 is 18.3 Å². The lowest BCUT2D eigenvalue weighted by atomic mass is 9.81. The van der Waals surface area contributed by atoms with Crippen molar-refractivity contribution in [1.29, 1.82) is 0 Å². The standard InChI is InChI=1S/C30H34F6N6O2/c1-17-10-18(2)26-24(11-17)25(8-9-41(26)15-19-4-6-21(7-5-19)27(43)44)42(28-37-39-40(3)38-28)16-20-12-22(29(31,32)33)14-23(13-20)30(34,35)36/h10-14,19,21,25H,4-9,15-16H2,1-3H3,(H,43,44)/t19-,21-,25-/m0/s1. The summed E-state index contributed by atoms with van der Waals surface area (Å²) in [7, 11) is 1.53. The first-order valence-corrected chi connectivity index (χ1v) is 14.5. The van der Waals surface area contributed by atoms with E-state index in [0.717, 1.165) is 53.9 Å². The third-order valence-corrected chi connectivity index (χ3v) is 8.63. The van der Waals surface area contributed by atoms with Crippen LogP contribution in [0, 0.1) is 25.7 Å². The molecule has 238 valence electrons. The summed E-state index contributed by atoms with van der Waals surface area (Å²) in [5.74, 6) is -0.689. The molecular weight excluding hydrogens is 590 g/mol. The van der Waals surface area contributed by atoms with Gasteiger partial charge in [0.15, 0.2) is 0 Å². The lowest BCUT2D eigenvalue weighted by Crippen LogP contribution is -2.41. The normalized spacial score (nSPS) is 20.8. The summed E-state index contributed by atoms with van der Waals surface area (Å²) in [6.07, 6.45) is -6.60. The van der Waals surface area contributed by atoms with Gasteiger partial charge in [-0.1, -0.05) is 22.8 Å². The maximum absolute atomic E-state index is 13.7. The number of aromatic nitrogens is 4. The minimum Gasteiger partial charge on any atom is -0.481 e.